The van der Waals surface area contributed by atoms with Gasteiger partial charge < -0.3 is 0 Å². The molecule has 0 saturated carbocycles. The van der Waals surface area contributed by atoms with Gasteiger partial charge in [0.25, 0.3) is 0 Å². The number of benzene rings is 1. The van der Waals surface area contributed by atoms with Crippen LogP contribution in [0.5, 0.6) is 0 Å². The highest BCUT2D eigenvalue weighted by Gasteiger charge is 2.00. The van der Waals surface area contributed by atoms with Gasteiger partial charge >= 0.3 is 6.03 Å². The van der Waals surface area contributed by atoms with Crippen molar-refractivity contribution in [3.63, 3.8) is 0 Å². The van der Waals surface area contributed by atoms with Crippen molar-refractivity contribution < 1.29 is 4.79 Å². The van der Waals surface area contributed by atoms with Crippen LogP contribution in [0.15, 0.2) is 47.7 Å². The Bertz CT molecular complexity index is 539. The van der Waals surface area contributed by atoms with E-state index >= 15 is 0 Å². The molecule has 0 bridgehead atoms. The summed E-state index contributed by atoms with van der Waals surface area (Å²) in [6, 6.07) is 10.1. The molecule has 0 fully saturated rings. The maximum atomic E-state index is 10.7. The van der Waals surface area contributed by atoms with Crippen LogP contribution in [0.1, 0.15) is 0 Å². The van der Waals surface area contributed by atoms with Gasteiger partial charge in [0.2, 0.25) is 0 Å². The van der Waals surface area contributed by atoms with Crippen LogP contribution in [0.25, 0.3) is 11.3 Å². The van der Waals surface area contributed by atoms with E-state index in [2.05, 4.69) is 26.2 Å². The Morgan fingerprint density at radius 1 is 1.22 bits per heavy atom. The van der Waals surface area contributed by atoms with Gasteiger partial charge in [0.05, 0.1) is 11.4 Å². The zero-order chi connectivity index (χ0) is 12.8. The van der Waals surface area contributed by atoms with Crippen LogP contribution in [0, 0.1) is 5.53 Å². The normalized spacial score (nSPS) is 9.56. The van der Waals surface area contributed by atoms with E-state index in [0.717, 1.165) is 11.3 Å². The van der Waals surface area contributed by atoms with Crippen LogP contribution in [-0.2, 0) is 0 Å². The molecule has 1 heterocycles. The minimum absolute atomic E-state index is 0.680. The first-order chi connectivity index (χ1) is 8.79. The van der Waals surface area contributed by atoms with E-state index in [1.54, 1.807) is 18.3 Å². The number of urea groups is 1. The van der Waals surface area contributed by atoms with Crippen molar-refractivity contribution in [2.45, 2.75) is 0 Å². The topological polar surface area (TPSA) is 103 Å². The summed E-state index contributed by atoms with van der Waals surface area (Å²) < 4.78 is 0. The second-order valence-electron chi connectivity index (χ2n) is 3.35. The van der Waals surface area contributed by atoms with E-state index in [4.69, 9.17) is 5.53 Å². The monoisotopic (exact) mass is 242 g/mol. The number of carbonyl (C=O) groups excluding carboxylic acids is 1. The summed E-state index contributed by atoms with van der Waals surface area (Å²) in [5.41, 5.74) is 13.7. The summed E-state index contributed by atoms with van der Waals surface area (Å²) in [6.45, 7) is 0. The first kappa shape index (κ1) is 11.6. The van der Waals surface area contributed by atoms with Crippen LogP contribution in [0.3, 0.4) is 0 Å². The van der Waals surface area contributed by atoms with Gasteiger partial charge in [-0.15, -0.1) is 0 Å². The van der Waals surface area contributed by atoms with Crippen molar-refractivity contribution >= 4 is 11.7 Å². The minimum atomic E-state index is -0.756. The third kappa shape index (κ3) is 2.85. The van der Waals surface area contributed by atoms with Gasteiger partial charge in [0.15, 0.2) is 0 Å². The van der Waals surface area contributed by atoms with Gasteiger partial charge in [0, 0.05) is 11.8 Å². The Kier molecular flexibility index (Phi) is 3.55. The summed E-state index contributed by atoms with van der Waals surface area (Å²) in [7, 11) is 0. The van der Waals surface area contributed by atoms with E-state index in [-0.39, 0.29) is 0 Å². The molecule has 0 saturated heterocycles. The number of anilines is 1. The molecule has 90 valence electrons. The SMILES string of the molecule is N=NC(=O)NNc1ccc(-c2cccnn2)cc1. The van der Waals surface area contributed by atoms with Crippen LogP contribution >= 0.6 is 0 Å². The quantitative estimate of drug-likeness (QED) is 0.567. The molecule has 7 heteroatoms. The Balaban J connectivity index is 2.06. The molecular formula is C11H10N6O. The van der Waals surface area contributed by atoms with Crippen molar-refractivity contribution in [1.29, 1.82) is 5.53 Å². The number of rotatable bonds is 3. The van der Waals surface area contributed by atoms with Gasteiger partial charge in [-0.2, -0.15) is 15.7 Å². The summed E-state index contributed by atoms with van der Waals surface area (Å²) in [5.74, 6) is 0. The summed E-state index contributed by atoms with van der Waals surface area (Å²) in [6.07, 6.45) is 1.61. The molecule has 2 amide bonds. The molecular weight excluding hydrogens is 232 g/mol. The molecule has 0 unspecified atom stereocenters. The molecule has 18 heavy (non-hydrogen) atoms. The predicted octanol–water partition coefficient (Wildman–Crippen LogP) is 2.21. The lowest BCUT2D eigenvalue weighted by atomic mass is 10.1. The fourth-order valence-corrected chi connectivity index (χ4v) is 1.33. The molecule has 0 aliphatic heterocycles. The first-order valence-electron chi connectivity index (χ1n) is 5.11. The number of hydrazine groups is 1. The zero-order valence-corrected chi connectivity index (χ0v) is 9.29. The van der Waals surface area contributed by atoms with Gasteiger partial charge in [-0.05, 0) is 24.3 Å². The predicted molar refractivity (Wildman–Crippen MR) is 64.8 cm³/mol. The minimum Gasteiger partial charge on any atom is -0.297 e. The lowest BCUT2D eigenvalue weighted by Crippen LogP contribution is -2.25. The lowest BCUT2D eigenvalue weighted by Gasteiger charge is -2.06. The van der Waals surface area contributed by atoms with E-state index < -0.39 is 6.03 Å². The highest BCUT2D eigenvalue weighted by atomic mass is 16.2. The highest BCUT2D eigenvalue weighted by Crippen LogP contribution is 2.17. The van der Waals surface area contributed by atoms with Gasteiger partial charge in [-0.25, -0.2) is 10.2 Å². The van der Waals surface area contributed by atoms with Crippen LogP contribution in [0.4, 0.5) is 10.5 Å². The standard InChI is InChI=1S/C11H10N6O/c12-14-11(18)17-15-9-5-3-8(4-6-9)10-2-1-7-13-16-10/h1-7,12,15H,(H,17,18). The largest absolute Gasteiger partial charge is 0.377 e. The Morgan fingerprint density at radius 2 is 2.00 bits per heavy atom. The summed E-state index contributed by atoms with van der Waals surface area (Å²) in [5, 5.41) is 10.5. The average molecular weight is 242 g/mol. The lowest BCUT2D eigenvalue weighted by molar-refractivity contribution is 0.249. The number of aromatic nitrogens is 2. The smallest absolute Gasteiger partial charge is 0.297 e. The molecule has 0 atom stereocenters. The Morgan fingerprint density at radius 3 is 2.61 bits per heavy atom. The molecule has 7 nitrogen and oxygen atoms in total. The van der Waals surface area contributed by atoms with Crippen LogP contribution in [-0.4, -0.2) is 16.2 Å². The van der Waals surface area contributed by atoms with Crippen molar-refractivity contribution in [2.24, 2.45) is 5.11 Å². The Hall–Kier alpha value is -2.83. The number of hydrogen-bond donors (Lipinski definition) is 3. The van der Waals surface area contributed by atoms with E-state index in [9.17, 15) is 4.79 Å². The fourth-order valence-electron chi connectivity index (χ4n) is 1.33. The van der Waals surface area contributed by atoms with E-state index in [1.165, 1.54) is 0 Å². The molecule has 2 rings (SSSR count). The Labute approximate surface area is 103 Å². The number of amides is 2. The molecule has 2 aromatic rings. The second-order valence-corrected chi connectivity index (χ2v) is 3.35. The van der Waals surface area contributed by atoms with Gasteiger partial charge in [-0.1, -0.05) is 17.2 Å². The number of nitrogens with zero attached hydrogens (tertiary/aromatic N) is 3. The third-order valence-electron chi connectivity index (χ3n) is 2.17. The van der Waals surface area contributed by atoms with Crippen molar-refractivity contribution in [1.82, 2.24) is 15.6 Å². The molecule has 0 aliphatic carbocycles. The molecule has 1 aromatic heterocycles. The van der Waals surface area contributed by atoms with Crippen molar-refractivity contribution in [3.8, 4) is 11.3 Å². The maximum Gasteiger partial charge on any atom is 0.377 e. The molecule has 0 aliphatic rings. The van der Waals surface area contributed by atoms with Gasteiger partial charge in [0.1, 0.15) is 0 Å². The first-order valence-corrected chi connectivity index (χ1v) is 5.11. The van der Waals surface area contributed by atoms with Gasteiger partial charge in [-0.3, -0.25) is 5.43 Å². The highest BCUT2D eigenvalue weighted by molar-refractivity contribution is 5.75. The number of nitrogens with one attached hydrogen (secondary N) is 3. The molecule has 0 radical (unpaired) electrons. The fraction of sp³-hybridized carbons (Fsp3) is 0. The number of hydrogen-bond acceptors (Lipinski definition) is 5. The van der Waals surface area contributed by atoms with Crippen molar-refractivity contribution in [3.05, 3.63) is 42.6 Å². The van der Waals surface area contributed by atoms with E-state index in [1.807, 2.05) is 24.3 Å². The van der Waals surface area contributed by atoms with E-state index in [0.29, 0.717) is 5.69 Å². The third-order valence-corrected chi connectivity index (χ3v) is 2.17. The molecule has 0 spiro atoms. The average Bonchev–Trinajstić information content (AvgIpc) is 2.46. The van der Waals surface area contributed by atoms with Crippen LogP contribution in [0.2, 0.25) is 0 Å². The zero-order valence-electron chi connectivity index (χ0n) is 9.29. The van der Waals surface area contributed by atoms with Crippen LogP contribution < -0.4 is 10.9 Å². The molecule has 1 aromatic carbocycles. The van der Waals surface area contributed by atoms with Crippen molar-refractivity contribution in [2.75, 3.05) is 5.43 Å². The number of carbonyl (C=O) groups is 1. The molecule has 3 N–H and O–H groups in total. The summed E-state index contributed by atoms with van der Waals surface area (Å²) >= 11 is 0. The summed E-state index contributed by atoms with van der Waals surface area (Å²) in [4.78, 5) is 10.7. The second kappa shape index (κ2) is 5.48. The maximum absolute atomic E-state index is 10.7.